The second-order valence-electron chi connectivity index (χ2n) is 8.95. The Bertz CT molecular complexity index is 811. The summed E-state index contributed by atoms with van der Waals surface area (Å²) in [6, 6.07) is 3.11. The maximum atomic E-state index is 13.0. The number of alkyl halides is 1. The van der Waals surface area contributed by atoms with Crippen LogP contribution in [0.1, 0.15) is 55.3 Å². The molecule has 0 spiro atoms. The number of carbonyl (C=O) groups is 2. The molecular weight excluding hydrogens is 424 g/mol. The normalized spacial score (nSPS) is 32.8. The van der Waals surface area contributed by atoms with Crippen molar-refractivity contribution in [2.75, 3.05) is 19.5 Å². The van der Waals surface area contributed by atoms with Gasteiger partial charge >= 0.3 is 0 Å². The number of ether oxygens (including phenoxy) is 2. The molecule has 4 bridgehead atoms. The molecule has 2 amide bonds. The van der Waals surface area contributed by atoms with Gasteiger partial charge in [0.2, 0.25) is 5.91 Å². The summed E-state index contributed by atoms with van der Waals surface area (Å²) >= 11 is 3.99. The smallest absolute Gasteiger partial charge is 0.250 e. The van der Waals surface area contributed by atoms with Crippen molar-refractivity contribution in [2.24, 2.45) is 23.0 Å². The summed E-state index contributed by atoms with van der Waals surface area (Å²) < 4.78 is 10.8. The molecule has 0 saturated heterocycles. The summed E-state index contributed by atoms with van der Waals surface area (Å²) in [6.07, 6.45) is 7.54. The number of nitrogens with one attached hydrogen (secondary N) is 1. The van der Waals surface area contributed by atoms with Crippen LogP contribution in [-0.4, -0.2) is 30.4 Å². The lowest BCUT2D eigenvalue weighted by atomic mass is 9.48. The average molecular weight is 451 g/mol. The van der Waals surface area contributed by atoms with Crippen LogP contribution >= 0.6 is 15.9 Å². The Kier molecular flexibility index (Phi) is 4.84. The number of halogens is 1. The summed E-state index contributed by atoms with van der Waals surface area (Å²) in [5.74, 6) is 1.58. The minimum Gasteiger partial charge on any atom is -0.493 e. The molecule has 0 radical (unpaired) electrons. The Hall–Kier alpha value is -1.76. The molecule has 4 aliphatic carbocycles. The lowest BCUT2D eigenvalue weighted by Crippen LogP contribution is -2.53. The first-order chi connectivity index (χ1) is 13.2. The van der Waals surface area contributed by atoms with E-state index in [1.807, 2.05) is 0 Å². The van der Waals surface area contributed by atoms with Crippen molar-refractivity contribution in [1.29, 1.82) is 0 Å². The fraction of sp³-hybridized carbons (Fsp3) is 0.619. The van der Waals surface area contributed by atoms with E-state index in [0.717, 1.165) is 31.1 Å². The fourth-order valence-electron chi connectivity index (χ4n) is 6.26. The Morgan fingerprint density at radius 2 is 1.75 bits per heavy atom. The van der Waals surface area contributed by atoms with Gasteiger partial charge < -0.3 is 20.5 Å². The van der Waals surface area contributed by atoms with Crippen LogP contribution < -0.4 is 20.5 Å². The molecule has 2 atom stereocenters. The zero-order valence-corrected chi connectivity index (χ0v) is 17.9. The van der Waals surface area contributed by atoms with Gasteiger partial charge in [0, 0.05) is 16.8 Å². The second-order valence-corrected chi connectivity index (χ2v) is 10.6. The Morgan fingerprint density at radius 3 is 2.29 bits per heavy atom. The van der Waals surface area contributed by atoms with Crippen molar-refractivity contribution in [3.63, 3.8) is 0 Å². The number of amides is 2. The number of hydrogen-bond donors (Lipinski definition) is 2. The summed E-state index contributed by atoms with van der Waals surface area (Å²) in [5.41, 5.74) is 6.16. The molecule has 7 heteroatoms. The van der Waals surface area contributed by atoms with Crippen molar-refractivity contribution in [1.82, 2.24) is 0 Å². The molecule has 4 aliphatic rings. The molecule has 4 saturated carbocycles. The number of nitrogens with two attached hydrogens (primary N) is 1. The molecule has 2 unspecified atom stereocenters. The molecule has 28 heavy (non-hydrogen) atoms. The monoisotopic (exact) mass is 450 g/mol. The van der Waals surface area contributed by atoms with Gasteiger partial charge in [0.15, 0.2) is 11.5 Å². The Labute approximate surface area is 173 Å². The van der Waals surface area contributed by atoms with E-state index < -0.39 is 5.91 Å². The van der Waals surface area contributed by atoms with Gasteiger partial charge in [0.25, 0.3) is 5.91 Å². The highest BCUT2D eigenvalue weighted by Crippen LogP contribution is 2.65. The Balaban J connectivity index is 1.55. The van der Waals surface area contributed by atoms with E-state index in [1.54, 1.807) is 6.07 Å². The topological polar surface area (TPSA) is 90.6 Å². The van der Waals surface area contributed by atoms with Crippen LogP contribution in [0.25, 0.3) is 0 Å². The highest BCUT2D eigenvalue weighted by molar-refractivity contribution is 9.10. The van der Waals surface area contributed by atoms with Crippen molar-refractivity contribution in [3.8, 4) is 11.5 Å². The van der Waals surface area contributed by atoms with Gasteiger partial charge in [-0.3, -0.25) is 9.59 Å². The van der Waals surface area contributed by atoms with Crippen LogP contribution in [0.15, 0.2) is 12.1 Å². The van der Waals surface area contributed by atoms with Crippen LogP contribution in [0, 0.1) is 17.3 Å². The maximum Gasteiger partial charge on any atom is 0.250 e. The molecule has 0 aromatic heterocycles. The number of methoxy groups -OCH3 is 2. The molecule has 1 aromatic rings. The van der Waals surface area contributed by atoms with E-state index in [0.29, 0.717) is 23.6 Å². The van der Waals surface area contributed by atoms with E-state index in [9.17, 15) is 9.59 Å². The van der Waals surface area contributed by atoms with E-state index in [-0.39, 0.29) is 21.2 Å². The number of primary amides is 1. The number of carbonyl (C=O) groups excluding carboxylic acids is 2. The largest absolute Gasteiger partial charge is 0.493 e. The molecular formula is C21H27BrN2O4. The lowest BCUT2D eigenvalue weighted by Gasteiger charge is -2.60. The van der Waals surface area contributed by atoms with E-state index in [1.165, 1.54) is 39.5 Å². The predicted octanol–water partition coefficient (Wildman–Crippen LogP) is 3.87. The van der Waals surface area contributed by atoms with E-state index in [2.05, 4.69) is 21.2 Å². The first-order valence-corrected chi connectivity index (χ1v) is 10.6. The lowest BCUT2D eigenvalue weighted by molar-refractivity contribution is -0.123. The minimum absolute atomic E-state index is 0.0567. The van der Waals surface area contributed by atoms with Crippen LogP contribution in [0.5, 0.6) is 11.5 Å². The zero-order valence-electron chi connectivity index (χ0n) is 16.3. The summed E-state index contributed by atoms with van der Waals surface area (Å²) in [5, 5.41) is 2.91. The molecule has 0 aliphatic heterocycles. The van der Waals surface area contributed by atoms with E-state index in [4.69, 9.17) is 15.2 Å². The third-order valence-corrected chi connectivity index (χ3v) is 7.64. The highest BCUT2D eigenvalue weighted by atomic mass is 79.9. The third kappa shape index (κ3) is 3.49. The van der Waals surface area contributed by atoms with Gasteiger partial charge in [-0.2, -0.15) is 0 Å². The number of anilines is 1. The standard InChI is InChI=1S/C21H27BrN2O4/c1-27-16-4-14(19(23)26)15(5-17(16)28-2)24-18(25)10-20-6-12-3-13(7-20)9-21(22,8-12)11-20/h4-5,12-13H,3,6-11H2,1-2H3,(H2,23,26)(H,24,25). The number of hydrogen-bond acceptors (Lipinski definition) is 4. The van der Waals surface area contributed by atoms with Crippen molar-refractivity contribution >= 4 is 33.4 Å². The first kappa shape index (κ1) is 19.6. The first-order valence-electron chi connectivity index (χ1n) is 9.79. The fourth-order valence-corrected chi connectivity index (χ4v) is 7.77. The third-order valence-electron chi connectivity index (χ3n) is 6.71. The zero-order chi connectivity index (χ0) is 20.1. The van der Waals surface area contributed by atoms with E-state index >= 15 is 0 Å². The second kappa shape index (κ2) is 6.94. The van der Waals surface area contributed by atoms with Gasteiger partial charge in [-0.25, -0.2) is 0 Å². The number of rotatable bonds is 6. The van der Waals surface area contributed by atoms with Crippen molar-refractivity contribution < 1.29 is 19.1 Å². The van der Waals surface area contributed by atoms with Gasteiger partial charge in [-0.05, 0) is 61.8 Å². The van der Waals surface area contributed by atoms with Gasteiger partial charge in [0.1, 0.15) is 0 Å². The van der Waals surface area contributed by atoms with Crippen LogP contribution in [-0.2, 0) is 4.79 Å². The molecule has 0 heterocycles. The van der Waals surface area contributed by atoms with Crippen molar-refractivity contribution in [2.45, 2.75) is 49.3 Å². The quantitative estimate of drug-likeness (QED) is 0.643. The maximum absolute atomic E-state index is 13.0. The predicted molar refractivity (Wildman–Crippen MR) is 110 cm³/mol. The highest BCUT2D eigenvalue weighted by Gasteiger charge is 2.57. The minimum atomic E-state index is -0.620. The van der Waals surface area contributed by atoms with Crippen LogP contribution in [0.4, 0.5) is 5.69 Å². The molecule has 152 valence electrons. The molecule has 3 N–H and O–H groups in total. The molecule has 1 aromatic carbocycles. The SMILES string of the molecule is COc1cc(NC(=O)CC23CC4CC(CC(Br)(C4)C2)C3)c(C(N)=O)cc1OC. The molecule has 4 fully saturated rings. The Morgan fingerprint density at radius 1 is 1.14 bits per heavy atom. The van der Waals surface area contributed by atoms with Gasteiger partial charge in [-0.15, -0.1) is 0 Å². The summed E-state index contributed by atoms with van der Waals surface area (Å²) in [6.45, 7) is 0. The number of benzene rings is 1. The summed E-state index contributed by atoms with van der Waals surface area (Å²) in [4.78, 5) is 24.9. The average Bonchev–Trinajstić information content (AvgIpc) is 2.58. The van der Waals surface area contributed by atoms with Gasteiger partial charge in [0.05, 0.1) is 25.5 Å². The van der Waals surface area contributed by atoms with Gasteiger partial charge in [-0.1, -0.05) is 15.9 Å². The van der Waals surface area contributed by atoms with Crippen LogP contribution in [0.2, 0.25) is 0 Å². The molecule has 6 nitrogen and oxygen atoms in total. The van der Waals surface area contributed by atoms with Crippen molar-refractivity contribution in [3.05, 3.63) is 17.7 Å². The molecule has 5 rings (SSSR count). The summed E-state index contributed by atoms with van der Waals surface area (Å²) in [7, 11) is 3.00. The van der Waals surface area contributed by atoms with Crippen LogP contribution in [0.3, 0.4) is 0 Å².